The van der Waals surface area contributed by atoms with Crippen molar-refractivity contribution in [2.24, 2.45) is 5.92 Å². The third kappa shape index (κ3) is 4.96. The van der Waals surface area contributed by atoms with Gasteiger partial charge in [-0.2, -0.15) is 0 Å². The molecular weight excluding hydrogens is 365 g/mol. The Morgan fingerprint density at radius 3 is 2.14 bits per heavy atom. The Morgan fingerprint density at radius 1 is 0.897 bits per heavy atom. The zero-order valence-electron chi connectivity index (χ0n) is 17.2. The summed E-state index contributed by atoms with van der Waals surface area (Å²) in [5, 5.41) is 0. The molecule has 2 aliphatic heterocycles. The van der Waals surface area contributed by atoms with E-state index >= 15 is 0 Å². The van der Waals surface area contributed by atoms with Crippen LogP contribution in [0.3, 0.4) is 0 Å². The highest BCUT2D eigenvalue weighted by molar-refractivity contribution is 5.94. The fourth-order valence-corrected chi connectivity index (χ4v) is 4.23. The molecule has 0 spiro atoms. The summed E-state index contributed by atoms with van der Waals surface area (Å²) in [7, 11) is 0. The van der Waals surface area contributed by atoms with Gasteiger partial charge >= 0.3 is 0 Å². The fourth-order valence-electron chi connectivity index (χ4n) is 4.23. The van der Waals surface area contributed by atoms with Gasteiger partial charge in [-0.05, 0) is 73.8 Å². The summed E-state index contributed by atoms with van der Waals surface area (Å²) in [6.45, 7) is 8.54. The van der Waals surface area contributed by atoms with Gasteiger partial charge in [-0.3, -0.25) is 9.69 Å². The number of piperazine rings is 1. The number of anilines is 1. The van der Waals surface area contributed by atoms with Gasteiger partial charge in [0.15, 0.2) is 0 Å². The number of amides is 1. The second-order valence-electron chi connectivity index (χ2n) is 8.41. The Morgan fingerprint density at radius 2 is 1.52 bits per heavy atom. The largest absolute Gasteiger partial charge is 0.368 e. The van der Waals surface area contributed by atoms with E-state index in [0.717, 1.165) is 36.8 Å². The standard InChI is InChI=1S/C24H30FN3O/c1-19-10-12-26(13-11-19)18-20-2-4-21(5-3-20)24(29)28-16-14-27(15-17-28)23-8-6-22(25)7-9-23/h2-9,19H,10-18H2,1H3. The number of carbonyl (C=O) groups is 1. The van der Waals surface area contributed by atoms with Crippen LogP contribution in [0.2, 0.25) is 0 Å². The van der Waals surface area contributed by atoms with E-state index < -0.39 is 0 Å². The number of rotatable bonds is 4. The van der Waals surface area contributed by atoms with Crippen molar-refractivity contribution in [3.05, 3.63) is 65.5 Å². The number of halogens is 1. The predicted octanol–water partition coefficient (Wildman–Crippen LogP) is 4.02. The van der Waals surface area contributed by atoms with Gasteiger partial charge in [0.2, 0.25) is 0 Å². The van der Waals surface area contributed by atoms with Crippen LogP contribution >= 0.6 is 0 Å². The van der Waals surface area contributed by atoms with Crippen LogP contribution < -0.4 is 4.90 Å². The molecule has 0 radical (unpaired) electrons. The summed E-state index contributed by atoms with van der Waals surface area (Å²) in [6, 6.07) is 14.7. The van der Waals surface area contributed by atoms with Gasteiger partial charge in [-0.1, -0.05) is 19.1 Å². The molecular formula is C24H30FN3O. The molecule has 0 unspecified atom stereocenters. The van der Waals surface area contributed by atoms with Crippen LogP contribution in [0, 0.1) is 11.7 Å². The average molecular weight is 396 g/mol. The maximum absolute atomic E-state index is 13.1. The van der Waals surface area contributed by atoms with E-state index in [1.807, 2.05) is 17.0 Å². The van der Waals surface area contributed by atoms with Gasteiger partial charge in [0.25, 0.3) is 5.91 Å². The molecule has 0 saturated carbocycles. The third-order valence-corrected chi connectivity index (χ3v) is 6.24. The molecule has 1 amide bonds. The number of carbonyl (C=O) groups excluding carboxylic acids is 1. The van der Waals surface area contributed by atoms with Crippen molar-refractivity contribution in [2.45, 2.75) is 26.3 Å². The second kappa shape index (κ2) is 8.95. The molecule has 154 valence electrons. The van der Waals surface area contributed by atoms with Gasteiger partial charge in [0.1, 0.15) is 5.82 Å². The van der Waals surface area contributed by atoms with E-state index in [1.54, 1.807) is 12.1 Å². The van der Waals surface area contributed by atoms with Crippen LogP contribution in [-0.4, -0.2) is 55.0 Å². The first-order chi connectivity index (χ1) is 14.1. The van der Waals surface area contributed by atoms with Crippen LogP contribution in [0.25, 0.3) is 0 Å². The number of hydrogen-bond acceptors (Lipinski definition) is 3. The highest BCUT2D eigenvalue weighted by Crippen LogP contribution is 2.20. The first kappa shape index (κ1) is 19.9. The van der Waals surface area contributed by atoms with Crippen LogP contribution in [-0.2, 0) is 6.54 Å². The van der Waals surface area contributed by atoms with E-state index in [0.29, 0.717) is 13.1 Å². The van der Waals surface area contributed by atoms with Crippen molar-refractivity contribution >= 4 is 11.6 Å². The minimum atomic E-state index is -0.221. The monoisotopic (exact) mass is 395 g/mol. The normalized spacial score (nSPS) is 18.8. The fraction of sp³-hybridized carbons (Fsp3) is 0.458. The maximum atomic E-state index is 13.1. The lowest BCUT2D eigenvalue weighted by molar-refractivity contribution is 0.0746. The molecule has 2 aliphatic rings. The van der Waals surface area contributed by atoms with Crippen LogP contribution in [0.5, 0.6) is 0 Å². The highest BCUT2D eigenvalue weighted by Gasteiger charge is 2.22. The van der Waals surface area contributed by atoms with E-state index in [9.17, 15) is 9.18 Å². The van der Waals surface area contributed by atoms with E-state index in [4.69, 9.17) is 0 Å². The Labute approximate surface area is 172 Å². The number of piperidine rings is 1. The average Bonchev–Trinajstić information content (AvgIpc) is 2.76. The SMILES string of the molecule is CC1CCN(Cc2ccc(C(=O)N3CCN(c4ccc(F)cc4)CC3)cc2)CC1. The molecule has 0 bridgehead atoms. The van der Waals surface area contributed by atoms with Crippen molar-refractivity contribution < 1.29 is 9.18 Å². The molecule has 29 heavy (non-hydrogen) atoms. The summed E-state index contributed by atoms with van der Waals surface area (Å²) in [4.78, 5) is 19.5. The Hall–Kier alpha value is -2.40. The summed E-state index contributed by atoms with van der Waals surface area (Å²) in [5.74, 6) is 0.720. The van der Waals surface area contributed by atoms with Gasteiger partial charge in [0, 0.05) is 44.0 Å². The summed E-state index contributed by atoms with van der Waals surface area (Å²) < 4.78 is 13.1. The van der Waals surface area contributed by atoms with Gasteiger partial charge in [-0.15, -0.1) is 0 Å². The van der Waals surface area contributed by atoms with Gasteiger partial charge < -0.3 is 9.80 Å². The Balaban J connectivity index is 1.30. The molecule has 2 aromatic rings. The summed E-state index contributed by atoms with van der Waals surface area (Å²) in [6.07, 6.45) is 2.56. The summed E-state index contributed by atoms with van der Waals surface area (Å²) in [5.41, 5.74) is 3.04. The smallest absolute Gasteiger partial charge is 0.253 e. The lowest BCUT2D eigenvalue weighted by Crippen LogP contribution is -2.48. The maximum Gasteiger partial charge on any atom is 0.253 e. The van der Waals surface area contributed by atoms with Crippen molar-refractivity contribution in [1.82, 2.24) is 9.80 Å². The quantitative estimate of drug-likeness (QED) is 0.782. The summed E-state index contributed by atoms with van der Waals surface area (Å²) >= 11 is 0. The molecule has 2 fully saturated rings. The minimum Gasteiger partial charge on any atom is -0.368 e. The molecule has 2 saturated heterocycles. The number of benzene rings is 2. The zero-order chi connectivity index (χ0) is 20.2. The van der Waals surface area contributed by atoms with Crippen molar-refractivity contribution in [3.63, 3.8) is 0 Å². The molecule has 4 rings (SSSR count). The predicted molar refractivity (Wildman–Crippen MR) is 115 cm³/mol. The molecule has 0 atom stereocenters. The number of likely N-dealkylation sites (tertiary alicyclic amines) is 1. The molecule has 5 heteroatoms. The Kier molecular flexibility index (Phi) is 6.14. The van der Waals surface area contributed by atoms with Gasteiger partial charge in [0.05, 0.1) is 0 Å². The molecule has 2 aromatic carbocycles. The highest BCUT2D eigenvalue weighted by atomic mass is 19.1. The zero-order valence-corrected chi connectivity index (χ0v) is 17.2. The topological polar surface area (TPSA) is 26.8 Å². The molecule has 4 nitrogen and oxygen atoms in total. The molecule has 2 heterocycles. The van der Waals surface area contributed by atoms with Crippen molar-refractivity contribution in [2.75, 3.05) is 44.2 Å². The van der Waals surface area contributed by atoms with Crippen molar-refractivity contribution in [1.29, 1.82) is 0 Å². The van der Waals surface area contributed by atoms with E-state index in [1.165, 1.54) is 43.6 Å². The minimum absolute atomic E-state index is 0.0992. The van der Waals surface area contributed by atoms with Gasteiger partial charge in [-0.25, -0.2) is 4.39 Å². The first-order valence-electron chi connectivity index (χ1n) is 10.7. The van der Waals surface area contributed by atoms with E-state index in [2.05, 4.69) is 28.9 Å². The van der Waals surface area contributed by atoms with Crippen LogP contribution in [0.15, 0.2) is 48.5 Å². The first-order valence-corrected chi connectivity index (χ1v) is 10.7. The van der Waals surface area contributed by atoms with E-state index in [-0.39, 0.29) is 11.7 Å². The number of hydrogen-bond donors (Lipinski definition) is 0. The lowest BCUT2D eigenvalue weighted by Gasteiger charge is -2.36. The van der Waals surface area contributed by atoms with Crippen molar-refractivity contribution in [3.8, 4) is 0 Å². The van der Waals surface area contributed by atoms with Crippen LogP contribution in [0.4, 0.5) is 10.1 Å². The van der Waals surface area contributed by atoms with Crippen LogP contribution in [0.1, 0.15) is 35.7 Å². The lowest BCUT2D eigenvalue weighted by atomic mass is 9.99. The molecule has 0 aromatic heterocycles. The molecule has 0 aliphatic carbocycles. The third-order valence-electron chi connectivity index (χ3n) is 6.24. The number of nitrogens with zero attached hydrogens (tertiary/aromatic N) is 3. The Bertz CT molecular complexity index is 805. The second-order valence-corrected chi connectivity index (χ2v) is 8.41. The molecule has 0 N–H and O–H groups in total.